The molecular weight excluding hydrogens is 408 g/mol. The first-order valence-electron chi connectivity index (χ1n) is 12.5. The zero-order chi connectivity index (χ0) is 23.5. The summed E-state index contributed by atoms with van der Waals surface area (Å²) < 4.78 is 0. The average molecular weight is 449 g/mol. The Kier molecular flexibility index (Phi) is 10.2. The van der Waals surface area contributed by atoms with E-state index in [1.807, 2.05) is 30.4 Å². The minimum atomic E-state index is 0.239. The molecule has 0 spiro atoms. The Labute approximate surface area is 199 Å². The van der Waals surface area contributed by atoms with Crippen LogP contribution in [0.5, 0.6) is 0 Å². The fourth-order valence-electron chi connectivity index (χ4n) is 4.96. The molecule has 0 bridgehead atoms. The van der Waals surface area contributed by atoms with Crippen molar-refractivity contribution in [2.45, 2.75) is 64.0 Å². The maximum Gasteiger partial charge on any atom is 0.226 e. The minimum absolute atomic E-state index is 0.239. The Morgan fingerprint density at radius 2 is 1.73 bits per heavy atom. The molecule has 1 aliphatic rings. The second kappa shape index (κ2) is 13.3. The maximum absolute atomic E-state index is 12.9. The molecule has 0 aromatic heterocycles. The van der Waals surface area contributed by atoms with Crippen LogP contribution in [-0.2, 0) is 11.3 Å². The highest BCUT2D eigenvalue weighted by atomic mass is 16.3. The first-order valence-corrected chi connectivity index (χ1v) is 12.5. The molecule has 0 unspecified atom stereocenters. The lowest BCUT2D eigenvalue weighted by molar-refractivity contribution is -0.133. The van der Waals surface area contributed by atoms with Gasteiger partial charge in [0.25, 0.3) is 0 Å². The first-order chi connectivity index (χ1) is 16.1. The van der Waals surface area contributed by atoms with Gasteiger partial charge < -0.3 is 14.9 Å². The monoisotopic (exact) mass is 448 g/mol. The second-order valence-corrected chi connectivity index (χ2v) is 9.26. The van der Waals surface area contributed by atoms with Crippen LogP contribution in [0.25, 0.3) is 6.08 Å². The second-order valence-electron chi connectivity index (χ2n) is 9.26. The molecule has 178 valence electrons. The molecule has 1 amide bonds. The Morgan fingerprint density at radius 1 is 1.03 bits per heavy atom. The molecule has 0 heterocycles. The van der Waals surface area contributed by atoms with Gasteiger partial charge >= 0.3 is 0 Å². The van der Waals surface area contributed by atoms with E-state index in [-0.39, 0.29) is 12.5 Å². The summed E-state index contributed by atoms with van der Waals surface area (Å²) in [4.78, 5) is 17.2. The van der Waals surface area contributed by atoms with Crippen LogP contribution in [0.1, 0.15) is 68.1 Å². The van der Waals surface area contributed by atoms with Crippen molar-refractivity contribution >= 4 is 12.0 Å². The van der Waals surface area contributed by atoms with E-state index in [9.17, 15) is 4.79 Å². The highest BCUT2D eigenvalue weighted by Gasteiger charge is 2.28. The lowest BCUT2D eigenvalue weighted by Crippen LogP contribution is -2.41. The van der Waals surface area contributed by atoms with Crippen molar-refractivity contribution in [1.29, 1.82) is 0 Å². The summed E-state index contributed by atoms with van der Waals surface area (Å²) in [5.74, 6) is 0.831. The summed E-state index contributed by atoms with van der Waals surface area (Å²) in [5.41, 5.74) is 3.88. The molecule has 0 radical (unpaired) electrons. The van der Waals surface area contributed by atoms with E-state index in [4.69, 9.17) is 5.11 Å². The Hall–Kier alpha value is -2.43. The standard InChI is InChI=1S/C29H40N2O2/c1-3-31(29(33)12-7-11-24-9-5-4-6-10-24)28-19-17-27(18-20-28)26-15-13-25(14-16-26)23-30(2)21-8-22-32/h4-7,9-11,13-16,27-28,32H,3,8,12,17-23H2,1-2H3/t27-,28-. The maximum atomic E-state index is 12.9. The Balaban J connectivity index is 1.47. The molecule has 2 aromatic rings. The van der Waals surface area contributed by atoms with Crippen molar-refractivity contribution in [3.05, 3.63) is 77.4 Å². The summed E-state index contributed by atoms with van der Waals surface area (Å²) in [6, 6.07) is 19.6. The van der Waals surface area contributed by atoms with Crippen LogP contribution in [0, 0.1) is 0 Å². The number of benzene rings is 2. The van der Waals surface area contributed by atoms with Crippen molar-refractivity contribution < 1.29 is 9.90 Å². The SMILES string of the molecule is CCN(C(=O)CC=Cc1ccccc1)[C@H]1CC[C@H](c2ccc(CN(C)CCCO)cc2)CC1. The molecule has 3 rings (SSSR count). The lowest BCUT2D eigenvalue weighted by Gasteiger charge is -2.36. The summed E-state index contributed by atoms with van der Waals surface area (Å²) in [6.07, 6.45) is 9.77. The molecule has 4 heteroatoms. The Bertz CT molecular complexity index is 855. The van der Waals surface area contributed by atoms with Crippen LogP contribution < -0.4 is 0 Å². The Morgan fingerprint density at radius 3 is 2.36 bits per heavy atom. The van der Waals surface area contributed by atoms with Crippen LogP contribution in [0.4, 0.5) is 0 Å². The van der Waals surface area contributed by atoms with Crippen molar-refractivity contribution in [2.75, 3.05) is 26.7 Å². The molecule has 1 fully saturated rings. The summed E-state index contributed by atoms with van der Waals surface area (Å²) in [7, 11) is 2.10. The van der Waals surface area contributed by atoms with E-state index in [2.05, 4.69) is 60.2 Å². The van der Waals surface area contributed by atoms with Gasteiger partial charge in [-0.25, -0.2) is 0 Å². The van der Waals surface area contributed by atoms with Crippen molar-refractivity contribution in [3.63, 3.8) is 0 Å². The van der Waals surface area contributed by atoms with Gasteiger partial charge in [0.1, 0.15) is 0 Å². The van der Waals surface area contributed by atoms with Gasteiger partial charge in [-0.3, -0.25) is 4.79 Å². The van der Waals surface area contributed by atoms with E-state index in [1.165, 1.54) is 11.1 Å². The van der Waals surface area contributed by atoms with Gasteiger partial charge in [-0.05, 0) is 68.7 Å². The van der Waals surface area contributed by atoms with Crippen molar-refractivity contribution in [3.8, 4) is 0 Å². The van der Waals surface area contributed by atoms with E-state index in [0.717, 1.165) is 57.3 Å². The van der Waals surface area contributed by atoms with E-state index >= 15 is 0 Å². The molecule has 0 atom stereocenters. The van der Waals surface area contributed by atoms with Gasteiger partial charge in [-0.15, -0.1) is 0 Å². The molecule has 1 aliphatic carbocycles. The fraction of sp³-hybridized carbons (Fsp3) is 0.483. The molecule has 0 aliphatic heterocycles. The van der Waals surface area contributed by atoms with Crippen LogP contribution in [0.3, 0.4) is 0 Å². The lowest BCUT2D eigenvalue weighted by atomic mass is 9.81. The van der Waals surface area contributed by atoms with Crippen LogP contribution in [0.2, 0.25) is 0 Å². The predicted octanol–water partition coefficient (Wildman–Crippen LogP) is 5.48. The zero-order valence-corrected chi connectivity index (χ0v) is 20.3. The van der Waals surface area contributed by atoms with Crippen molar-refractivity contribution in [1.82, 2.24) is 9.80 Å². The number of aliphatic hydroxyl groups is 1. The van der Waals surface area contributed by atoms with Gasteiger partial charge in [0.2, 0.25) is 5.91 Å². The van der Waals surface area contributed by atoms with Crippen LogP contribution in [-0.4, -0.2) is 53.6 Å². The topological polar surface area (TPSA) is 43.8 Å². The quantitative estimate of drug-likeness (QED) is 0.495. The fourth-order valence-corrected chi connectivity index (χ4v) is 4.96. The molecule has 1 N–H and O–H groups in total. The zero-order valence-electron chi connectivity index (χ0n) is 20.3. The third kappa shape index (κ3) is 7.83. The smallest absolute Gasteiger partial charge is 0.226 e. The van der Waals surface area contributed by atoms with Gasteiger partial charge in [0.15, 0.2) is 0 Å². The number of aliphatic hydroxyl groups excluding tert-OH is 1. The first kappa shape index (κ1) is 25.2. The van der Waals surface area contributed by atoms with Gasteiger partial charge in [-0.2, -0.15) is 0 Å². The van der Waals surface area contributed by atoms with E-state index < -0.39 is 0 Å². The predicted molar refractivity (Wildman–Crippen MR) is 137 cm³/mol. The minimum Gasteiger partial charge on any atom is -0.396 e. The summed E-state index contributed by atoms with van der Waals surface area (Å²) >= 11 is 0. The molecule has 0 saturated heterocycles. The number of carbonyl (C=O) groups excluding carboxylic acids is 1. The number of hydrogen-bond acceptors (Lipinski definition) is 3. The number of hydrogen-bond donors (Lipinski definition) is 1. The number of carbonyl (C=O) groups is 1. The van der Waals surface area contributed by atoms with E-state index in [0.29, 0.717) is 18.4 Å². The summed E-state index contributed by atoms with van der Waals surface area (Å²) in [6.45, 7) is 4.96. The molecule has 4 nitrogen and oxygen atoms in total. The third-order valence-corrected chi connectivity index (χ3v) is 6.80. The largest absolute Gasteiger partial charge is 0.396 e. The molecular formula is C29H40N2O2. The third-order valence-electron chi connectivity index (χ3n) is 6.80. The number of amides is 1. The van der Waals surface area contributed by atoms with Crippen LogP contribution in [0.15, 0.2) is 60.7 Å². The normalized spacial score (nSPS) is 18.7. The number of rotatable bonds is 11. The molecule has 33 heavy (non-hydrogen) atoms. The van der Waals surface area contributed by atoms with Crippen molar-refractivity contribution in [2.24, 2.45) is 0 Å². The molecule has 1 saturated carbocycles. The number of nitrogens with zero attached hydrogens (tertiary/aromatic N) is 2. The van der Waals surface area contributed by atoms with Gasteiger partial charge in [-0.1, -0.05) is 66.7 Å². The highest BCUT2D eigenvalue weighted by Crippen LogP contribution is 2.35. The highest BCUT2D eigenvalue weighted by molar-refractivity contribution is 5.79. The van der Waals surface area contributed by atoms with E-state index in [1.54, 1.807) is 0 Å². The van der Waals surface area contributed by atoms with Gasteiger partial charge in [0, 0.05) is 38.7 Å². The van der Waals surface area contributed by atoms with Crippen LogP contribution >= 0.6 is 0 Å². The summed E-state index contributed by atoms with van der Waals surface area (Å²) in [5, 5.41) is 8.99. The molecule has 2 aromatic carbocycles. The average Bonchev–Trinajstić information content (AvgIpc) is 2.85. The van der Waals surface area contributed by atoms with Gasteiger partial charge in [0.05, 0.1) is 0 Å².